The zero-order valence-corrected chi connectivity index (χ0v) is 11.1. The molecule has 1 heterocycles. The summed E-state index contributed by atoms with van der Waals surface area (Å²) in [7, 11) is 0. The third kappa shape index (κ3) is 4.22. The highest BCUT2D eigenvalue weighted by Gasteiger charge is 2.22. The third-order valence-electron chi connectivity index (χ3n) is 3.14. The van der Waals surface area contributed by atoms with Crippen LogP contribution in [-0.2, 0) is 0 Å². The first kappa shape index (κ1) is 13.6. The molecule has 1 aliphatic heterocycles. The number of carbonyl (C=O) groups is 1. The van der Waals surface area contributed by atoms with E-state index in [4.69, 9.17) is 5.73 Å². The summed E-state index contributed by atoms with van der Waals surface area (Å²) < 4.78 is 0. The van der Waals surface area contributed by atoms with Gasteiger partial charge in [0.25, 0.3) is 0 Å². The molecule has 0 aromatic rings. The number of urea groups is 1. The van der Waals surface area contributed by atoms with Crippen LogP contribution in [0.25, 0.3) is 0 Å². The fraction of sp³-hybridized carbons (Fsp3) is 0.909. The molecule has 3 N–H and O–H groups in total. The number of likely N-dealkylation sites (tertiary alicyclic amines) is 1. The molecule has 1 saturated heterocycles. The van der Waals surface area contributed by atoms with E-state index < -0.39 is 0 Å². The molecule has 0 aliphatic carbocycles. The summed E-state index contributed by atoms with van der Waals surface area (Å²) in [5.41, 5.74) is 5.25. The van der Waals surface area contributed by atoms with Crippen molar-refractivity contribution >= 4 is 17.8 Å². The minimum absolute atomic E-state index is 0.283. The molecule has 16 heavy (non-hydrogen) atoms. The van der Waals surface area contributed by atoms with E-state index in [1.165, 1.54) is 0 Å². The second-order valence-corrected chi connectivity index (χ2v) is 5.24. The number of rotatable bonds is 5. The molecule has 0 aromatic heterocycles. The van der Waals surface area contributed by atoms with Crippen LogP contribution in [0.5, 0.6) is 0 Å². The van der Waals surface area contributed by atoms with Gasteiger partial charge >= 0.3 is 6.03 Å². The number of amides is 2. The maximum Gasteiger partial charge on any atom is 0.314 e. The SMILES string of the molecule is CCC(CSC)NC1CCN(C(N)=O)CC1. The number of thioether (sulfide) groups is 1. The fourth-order valence-corrected chi connectivity index (χ4v) is 2.82. The van der Waals surface area contributed by atoms with Crippen molar-refractivity contribution in [1.82, 2.24) is 10.2 Å². The average molecular weight is 245 g/mol. The highest BCUT2D eigenvalue weighted by atomic mass is 32.2. The molecule has 4 nitrogen and oxygen atoms in total. The molecule has 0 saturated carbocycles. The van der Waals surface area contributed by atoms with E-state index in [1.807, 2.05) is 11.8 Å². The molecule has 1 unspecified atom stereocenters. The van der Waals surface area contributed by atoms with Crippen LogP contribution in [-0.4, -0.2) is 48.1 Å². The minimum atomic E-state index is -0.283. The number of nitrogens with two attached hydrogens (primary N) is 1. The van der Waals surface area contributed by atoms with Crippen LogP contribution in [0, 0.1) is 0 Å². The van der Waals surface area contributed by atoms with Gasteiger partial charge in [0.05, 0.1) is 0 Å². The standard InChI is InChI=1S/C11H23N3OS/c1-3-9(8-16-2)13-10-4-6-14(7-5-10)11(12)15/h9-10,13H,3-8H2,1-2H3,(H2,12,15). The molecule has 0 radical (unpaired) electrons. The Morgan fingerprint density at radius 2 is 2.19 bits per heavy atom. The number of primary amides is 1. The van der Waals surface area contributed by atoms with E-state index in [0.29, 0.717) is 12.1 Å². The second-order valence-electron chi connectivity index (χ2n) is 4.33. The molecule has 2 amide bonds. The van der Waals surface area contributed by atoms with Crippen molar-refractivity contribution in [3.05, 3.63) is 0 Å². The average Bonchev–Trinajstić information content (AvgIpc) is 2.29. The Morgan fingerprint density at radius 3 is 2.62 bits per heavy atom. The highest BCUT2D eigenvalue weighted by Crippen LogP contribution is 2.12. The van der Waals surface area contributed by atoms with Crippen molar-refractivity contribution in [3.8, 4) is 0 Å². The van der Waals surface area contributed by atoms with Gasteiger partial charge in [0.2, 0.25) is 0 Å². The number of hydrogen-bond acceptors (Lipinski definition) is 3. The topological polar surface area (TPSA) is 58.4 Å². The first-order valence-corrected chi connectivity index (χ1v) is 7.36. The van der Waals surface area contributed by atoms with E-state index in [0.717, 1.165) is 38.1 Å². The van der Waals surface area contributed by atoms with Gasteiger partial charge in [-0.05, 0) is 25.5 Å². The van der Waals surface area contributed by atoms with Crippen molar-refractivity contribution < 1.29 is 4.79 Å². The van der Waals surface area contributed by atoms with Crippen LogP contribution in [0.1, 0.15) is 26.2 Å². The molecule has 94 valence electrons. The molecule has 1 rings (SSSR count). The van der Waals surface area contributed by atoms with E-state index in [1.54, 1.807) is 4.90 Å². The van der Waals surface area contributed by atoms with Crippen LogP contribution in [0.4, 0.5) is 4.79 Å². The van der Waals surface area contributed by atoms with Crippen LogP contribution >= 0.6 is 11.8 Å². The largest absolute Gasteiger partial charge is 0.351 e. The maximum atomic E-state index is 11.0. The van der Waals surface area contributed by atoms with Crippen molar-refractivity contribution in [1.29, 1.82) is 0 Å². The van der Waals surface area contributed by atoms with Gasteiger partial charge in [-0.3, -0.25) is 0 Å². The van der Waals surface area contributed by atoms with Crippen molar-refractivity contribution in [2.24, 2.45) is 5.73 Å². The normalized spacial score (nSPS) is 19.8. The number of hydrogen-bond donors (Lipinski definition) is 2. The summed E-state index contributed by atoms with van der Waals surface area (Å²) >= 11 is 1.88. The summed E-state index contributed by atoms with van der Waals surface area (Å²) in [4.78, 5) is 12.7. The Hall–Kier alpha value is -0.420. The quantitative estimate of drug-likeness (QED) is 0.766. The van der Waals surface area contributed by atoms with Gasteiger partial charge in [0.15, 0.2) is 0 Å². The van der Waals surface area contributed by atoms with Gasteiger partial charge in [-0.15, -0.1) is 0 Å². The lowest BCUT2D eigenvalue weighted by Gasteiger charge is -2.33. The predicted octanol–water partition coefficient (Wildman–Crippen LogP) is 1.26. The zero-order valence-electron chi connectivity index (χ0n) is 10.2. The second kappa shape index (κ2) is 7.01. The molecule has 1 aliphatic rings. The monoisotopic (exact) mass is 245 g/mol. The first-order chi connectivity index (χ1) is 7.67. The Morgan fingerprint density at radius 1 is 1.56 bits per heavy atom. The van der Waals surface area contributed by atoms with Crippen LogP contribution in [0.3, 0.4) is 0 Å². The molecule has 1 fully saturated rings. The molecule has 0 bridgehead atoms. The van der Waals surface area contributed by atoms with Gasteiger partial charge in [-0.2, -0.15) is 11.8 Å². The molecule has 0 aromatic carbocycles. The highest BCUT2D eigenvalue weighted by molar-refractivity contribution is 7.98. The van der Waals surface area contributed by atoms with E-state index in [-0.39, 0.29) is 6.03 Å². The van der Waals surface area contributed by atoms with E-state index >= 15 is 0 Å². The van der Waals surface area contributed by atoms with Crippen LogP contribution < -0.4 is 11.1 Å². The van der Waals surface area contributed by atoms with Gasteiger partial charge < -0.3 is 16.0 Å². The summed E-state index contributed by atoms with van der Waals surface area (Å²) in [6.07, 6.45) is 5.35. The van der Waals surface area contributed by atoms with E-state index in [9.17, 15) is 4.79 Å². The van der Waals surface area contributed by atoms with Gasteiger partial charge in [-0.1, -0.05) is 6.92 Å². The third-order valence-corrected chi connectivity index (χ3v) is 3.87. The molecular formula is C11H23N3OS. The Bertz CT molecular complexity index is 217. The first-order valence-electron chi connectivity index (χ1n) is 5.96. The van der Waals surface area contributed by atoms with Crippen molar-refractivity contribution in [2.75, 3.05) is 25.1 Å². The lowest BCUT2D eigenvalue weighted by Crippen LogP contribution is -2.49. The summed E-state index contributed by atoms with van der Waals surface area (Å²) in [6.45, 7) is 3.80. The van der Waals surface area contributed by atoms with Crippen molar-refractivity contribution in [2.45, 2.75) is 38.3 Å². The van der Waals surface area contributed by atoms with Gasteiger partial charge in [0.1, 0.15) is 0 Å². The fourth-order valence-electron chi connectivity index (χ4n) is 2.08. The number of nitrogens with one attached hydrogen (secondary N) is 1. The lowest BCUT2D eigenvalue weighted by molar-refractivity contribution is 0.183. The molecule has 1 atom stereocenters. The number of carbonyl (C=O) groups excluding carboxylic acids is 1. The van der Waals surface area contributed by atoms with Gasteiger partial charge in [0, 0.05) is 30.9 Å². The molecule has 0 spiro atoms. The predicted molar refractivity (Wildman–Crippen MR) is 69.8 cm³/mol. The summed E-state index contributed by atoms with van der Waals surface area (Å²) in [5, 5.41) is 3.67. The van der Waals surface area contributed by atoms with Crippen LogP contribution in [0.2, 0.25) is 0 Å². The lowest BCUT2D eigenvalue weighted by atomic mass is 10.0. The van der Waals surface area contributed by atoms with Gasteiger partial charge in [-0.25, -0.2) is 4.79 Å². The maximum absolute atomic E-state index is 11.0. The number of piperidine rings is 1. The summed E-state index contributed by atoms with van der Waals surface area (Å²) in [6, 6.07) is 0.863. The number of nitrogens with zero attached hydrogens (tertiary/aromatic N) is 1. The minimum Gasteiger partial charge on any atom is -0.351 e. The Balaban J connectivity index is 2.28. The smallest absolute Gasteiger partial charge is 0.314 e. The summed E-state index contributed by atoms with van der Waals surface area (Å²) in [5.74, 6) is 1.16. The zero-order chi connectivity index (χ0) is 12.0. The molecular weight excluding hydrogens is 222 g/mol. The van der Waals surface area contributed by atoms with Crippen molar-refractivity contribution in [3.63, 3.8) is 0 Å². The van der Waals surface area contributed by atoms with Crippen LogP contribution in [0.15, 0.2) is 0 Å². The Labute approximate surface area is 102 Å². The van der Waals surface area contributed by atoms with E-state index in [2.05, 4.69) is 18.5 Å². The Kier molecular flexibility index (Phi) is 5.98. The molecule has 5 heteroatoms.